The Morgan fingerprint density at radius 2 is 2.04 bits per heavy atom. The number of aromatic nitrogens is 1. The smallest absolute Gasteiger partial charge is 0.226 e. The van der Waals surface area contributed by atoms with Crippen molar-refractivity contribution in [3.8, 4) is 0 Å². The van der Waals surface area contributed by atoms with E-state index in [4.69, 9.17) is 0 Å². The molecule has 3 heterocycles. The van der Waals surface area contributed by atoms with Crippen molar-refractivity contribution in [3.63, 3.8) is 0 Å². The Bertz CT molecular complexity index is 598. The Kier molecular flexibility index (Phi) is 7.86. The third kappa shape index (κ3) is 6.02. The summed E-state index contributed by atoms with van der Waals surface area (Å²) in [5.41, 5.74) is 1.30. The topological polar surface area (TPSA) is 39.7 Å². The summed E-state index contributed by atoms with van der Waals surface area (Å²) in [6, 6.07) is 4.82. The first-order valence-corrected chi connectivity index (χ1v) is 11.1. The summed E-state index contributed by atoms with van der Waals surface area (Å²) in [4.78, 5) is 24.2. The molecule has 3 rings (SSSR count). The number of nitrogens with zero attached hydrogens (tertiary/aromatic N) is 4. The summed E-state index contributed by atoms with van der Waals surface area (Å²) >= 11 is 0. The van der Waals surface area contributed by atoms with Crippen LogP contribution in [0.4, 0.5) is 0 Å². The number of carbonyl (C=O) groups is 1. The van der Waals surface area contributed by atoms with Crippen LogP contribution in [0, 0.1) is 11.8 Å². The zero-order valence-corrected chi connectivity index (χ0v) is 18.0. The van der Waals surface area contributed by atoms with E-state index < -0.39 is 0 Å². The lowest BCUT2D eigenvalue weighted by atomic mass is 9.92. The lowest BCUT2D eigenvalue weighted by Gasteiger charge is -2.42. The van der Waals surface area contributed by atoms with Gasteiger partial charge in [-0.2, -0.15) is 0 Å². The van der Waals surface area contributed by atoms with E-state index in [1.54, 1.807) is 0 Å². The molecule has 0 N–H and O–H groups in total. The van der Waals surface area contributed by atoms with E-state index >= 15 is 0 Å². The molecular weight excluding hydrogens is 348 g/mol. The maximum Gasteiger partial charge on any atom is 0.226 e. The van der Waals surface area contributed by atoms with Gasteiger partial charge in [-0.3, -0.25) is 19.6 Å². The molecule has 5 nitrogen and oxygen atoms in total. The number of rotatable bonds is 7. The van der Waals surface area contributed by atoms with Crippen molar-refractivity contribution in [3.05, 3.63) is 30.1 Å². The zero-order valence-electron chi connectivity index (χ0n) is 18.0. The Hall–Kier alpha value is -1.46. The molecule has 1 amide bonds. The van der Waals surface area contributed by atoms with Crippen molar-refractivity contribution in [2.45, 2.75) is 58.5 Å². The molecule has 2 saturated heterocycles. The summed E-state index contributed by atoms with van der Waals surface area (Å²) in [6.45, 7) is 10.7. The second kappa shape index (κ2) is 10.4. The molecule has 0 aliphatic carbocycles. The molecule has 0 aromatic carbocycles. The van der Waals surface area contributed by atoms with E-state index in [2.05, 4.69) is 34.7 Å². The molecule has 2 aliphatic rings. The van der Waals surface area contributed by atoms with Gasteiger partial charge >= 0.3 is 0 Å². The van der Waals surface area contributed by atoms with Crippen molar-refractivity contribution in [1.29, 1.82) is 0 Å². The van der Waals surface area contributed by atoms with Crippen molar-refractivity contribution < 1.29 is 4.79 Å². The van der Waals surface area contributed by atoms with Gasteiger partial charge in [0.1, 0.15) is 0 Å². The minimum absolute atomic E-state index is 0.194. The van der Waals surface area contributed by atoms with Crippen LogP contribution in [0.1, 0.15) is 51.5 Å². The van der Waals surface area contributed by atoms with E-state index in [-0.39, 0.29) is 5.92 Å². The fourth-order valence-electron chi connectivity index (χ4n) is 4.61. The lowest BCUT2D eigenvalue weighted by Crippen LogP contribution is -2.50. The molecule has 1 aromatic rings. The van der Waals surface area contributed by atoms with Gasteiger partial charge in [0.2, 0.25) is 5.91 Å². The van der Waals surface area contributed by atoms with Crippen LogP contribution < -0.4 is 0 Å². The highest BCUT2D eigenvalue weighted by atomic mass is 16.2. The number of amides is 1. The summed E-state index contributed by atoms with van der Waals surface area (Å²) in [6.07, 6.45) is 9.54. The molecule has 156 valence electrons. The molecule has 1 aromatic heterocycles. The van der Waals surface area contributed by atoms with Gasteiger partial charge in [0.05, 0.1) is 5.92 Å². The zero-order chi connectivity index (χ0) is 19.9. The second-order valence-electron chi connectivity index (χ2n) is 9.14. The Balaban J connectivity index is 1.45. The second-order valence-corrected chi connectivity index (χ2v) is 9.14. The fraction of sp³-hybridized carbons (Fsp3) is 0.739. The lowest BCUT2D eigenvalue weighted by molar-refractivity contribution is -0.136. The number of likely N-dealkylation sites (tertiary alicyclic amines) is 2. The first-order chi connectivity index (χ1) is 13.5. The third-order valence-corrected chi connectivity index (χ3v) is 6.42. The molecule has 2 fully saturated rings. The number of pyridine rings is 1. The van der Waals surface area contributed by atoms with Gasteiger partial charge < -0.3 is 4.90 Å². The van der Waals surface area contributed by atoms with Crippen molar-refractivity contribution in [2.24, 2.45) is 11.8 Å². The minimum atomic E-state index is 0.194. The van der Waals surface area contributed by atoms with Gasteiger partial charge in [-0.15, -0.1) is 0 Å². The normalized spacial score (nSPS) is 22.5. The highest BCUT2D eigenvalue weighted by Crippen LogP contribution is 2.25. The van der Waals surface area contributed by atoms with Crippen LogP contribution in [0.25, 0.3) is 0 Å². The number of hydrogen-bond donors (Lipinski definition) is 0. The minimum Gasteiger partial charge on any atom is -0.345 e. The maximum atomic E-state index is 12.9. The van der Waals surface area contributed by atoms with E-state index in [9.17, 15) is 4.79 Å². The van der Waals surface area contributed by atoms with Crippen LogP contribution in [0.5, 0.6) is 0 Å². The van der Waals surface area contributed by atoms with Gasteiger partial charge in [-0.25, -0.2) is 0 Å². The molecule has 5 heteroatoms. The van der Waals surface area contributed by atoms with E-state index in [1.807, 2.05) is 30.4 Å². The predicted octanol–water partition coefficient (Wildman–Crippen LogP) is 3.26. The molecule has 0 spiro atoms. The van der Waals surface area contributed by atoms with Gasteiger partial charge in [-0.1, -0.05) is 19.9 Å². The maximum absolute atomic E-state index is 12.9. The van der Waals surface area contributed by atoms with E-state index in [0.29, 0.717) is 17.9 Å². The number of hydrogen-bond acceptors (Lipinski definition) is 4. The third-order valence-electron chi connectivity index (χ3n) is 6.42. The van der Waals surface area contributed by atoms with Crippen molar-refractivity contribution in [1.82, 2.24) is 19.7 Å². The highest BCUT2D eigenvalue weighted by Gasteiger charge is 2.32. The Labute approximate surface area is 171 Å². The molecule has 28 heavy (non-hydrogen) atoms. The quantitative estimate of drug-likeness (QED) is 0.721. The summed E-state index contributed by atoms with van der Waals surface area (Å²) in [5, 5.41) is 0. The van der Waals surface area contributed by atoms with Crippen LogP contribution in [0.15, 0.2) is 24.5 Å². The summed E-state index contributed by atoms with van der Waals surface area (Å²) < 4.78 is 0. The average molecular weight is 387 g/mol. The standard InChI is InChI=1S/C23H38N4O/c1-19(2)8-13-25(3)23(28)21-7-5-12-27(18-21)22-9-14-26(15-10-22)17-20-6-4-11-24-16-20/h4,6,11,16,19,21-22H,5,7-10,12-15,17-18H2,1-3H3. The van der Waals surface area contributed by atoms with E-state index in [0.717, 1.165) is 58.5 Å². The Morgan fingerprint density at radius 3 is 2.71 bits per heavy atom. The van der Waals surface area contributed by atoms with Crippen LogP contribution >= 0.6 is 0 Å². The van der Waals surface area contributed by atoms with Crippen LogP contribution in [-0.4, -0.2) is 71.4 Å². The SMILES string of the molecule is CC(C)CCN(C)C(=O)C1CCCN(C2CCN(Cc3cccnc3)CC2)C1. The summed E-state index contributed by atoms with van der Waals surface area (Å²) in [7, 11) is 1.99. The van der Waals surface area contributed by atoms with Gasteiger partial charge in [0.25, 0.3) is 0 Å². The first kappa shape index (κ1) is 21.3. The molecule has 0 saturated carbocycles. The van der Waals surface area contributed by atoms with Gasteiger partial charge in [0, 0.05) is 45.1 Å². The molecule has 2 aliphatic heterocycles. The number of carbonyl (C=O) groups excluding carboxylic acids is 1. The van der Waals surface area contributed by atoms with E-state index in [1.165, 1.54) is 18.4 Å². The van der Waals surface area contributed by atoms with Gasteiger partial charge in [0.15, 0.2) is 0 Å². The van der Waals surface area contributed by atoms with Crippen LogP contribution in [0.2, 0.25) is 0 Å². The first-order valence-electron chi connectivity index (χ1n) is 11.1. The molecule has 1 atom stereocenters. The summed E-state index contributed by atoms with van der Waals surface area (Å²) in [5.74, 6) is 1.20. The molecule has 0 bridgehead atoms. The molecule has 0 radical (unpaired) electrons. The predicted molar refractivity (Wildman–Crippen MR) is 114 cm³/mol. The van der Waals surface area contributed by atoms with Crippen LogP contribution in [0.3, 0.4) is 0 Å². The number of piperidine rings is 2. The average Bonchev–Trinajstić information content (AvgIpc) is 2.73. The van der Waals surface area contributed by atoms with Crippen molar-refractivity contribution >= 4 is 5.91 Å². The van der Waals surface area contributed by atoms with Gasteiger partial charge in [-0.05, 0) is 69.3 Å². The monoisotopic (exact) mass is 386 g/mol. The Morgan fingerprint density at radius 1 is 1.25 bits per heavy atom. The molecule has 1 unspecified atom stereocenters. The largest absolute Gasteiger partial charge is 0.345 e. The van der Waals surface area contributed by atoms with Crippen molar-refractivity contribution in [2.75, 3.05) is 39.8 Å². The van der Waals surface area contributed by atoms with Crippen LogP contribution in [-0.2, 0) is 11.3 Å². The highest BCUT2D eigenvalue weighted by molar-refractivity contribution is 5.78. The fourth-order valence-corrected chi connectivity index (χ4v) is 4.61. The molecular formula is C23H38N4O.